The number of carbonyl (C=O) groups excluding carboxylic acids is 2. The predicted octanol–water partition coefficient (Wildman–Crippen LogP) is 2.55. The van der Waals surface area contributed by atoms with Crippen LogP contribution < -0.4 is 24.8 Å². The lowest BCUT2D eigenvalue weighted by molar-refractivity contribution is -0.386. The summed E-state index contributed by atoms with van der Waals surface area (Å²) in [5, 5.41) is 34.0. The molecule has 17 heteroatoms. The van der Waals surface area contributed by atoms with Gasteiger partial charge in [0.2, 0.25) is 11.8 Å². The molecule has 226 valence electrons. The molecule has 17 nitrogen and oxygen atoms in total. The Kier molecular flexibility index (Phi) is 10.4. The molecule has 0 aliphatic heterocycles. The van der Waals surface area contributed by atoms with Crippen molar-refractivity contribution in [1.82, 2.24) is 15.0 Å². The molecule has 3 aromatic heterocycles. The first-order chi connectivity index (χ1) is 20.3. The van der Waals surface area contributed by atoms with Gasteiger partial charge in [0.15, 0.2) is 13.2 Å². The first-order valence-corrected chi connectivity index (χ1v) is 12.4. The molecule has 3 heterocycles. The number of pyridine rings is 3. The van der Waals surface area contributed by atoms with Crippen LogP contribution in [0.5, 0.6) is 17.6 Å². The summed E-state index contributed by atoms with van der Waals surface area (Å²) in [6, 6.07) is 7.65. The third-order valence-electron chi connectivity index (χ3n) is 5.08. The molecule has 0 saturated carbocycles. The van der Waals surface area contributed by atoms with E-state index in [0.717, 1.165) is 12.1 Å². The molecule has 3 rings (SSSR count). The Morgan fingerprint density at radius 1 is 0.791 bits per heavy atom. The van der Waals surface area contributed by atoms with Crippen LogP contribution in [-0.4, -0.2) is 73.7 Å². The van der Waals surface area contributed by atoms with E-state index in [9.17, 15) is 29.3 Å². The second-order valence-electron chi connectivity index (χ2n) is 9.11. The first kappa shape index (κ1) is 31.7. The Balaban J connectivity index is 1.88. The fourth-order valence-corrected chi connectivity index (χ4v) is 3.19. The van der Waals surface area contributed by atoms with Crippen molar-refractivity contribution in [2.24, 2.45) is 5.92 Å². The van der Waals surface area contributed by atoms with E-state index in [2.05, 4.69) is 25.6 Å². The number of aromatic nitrogens is 3. The van der Waals surface area contributed by atoms with Crippen molar-refractivity contribution in [3.8, 4) is 17.6 Å². The average Bonchev–Trinajstić information content (AvgIpc) is 2.95. The van der Waals surface area contributed by atoms with Gasteiger partial charge in [0.25, 0.3) is 17.7 Å². The Bertz CT molecular complexity index is 1560. The largest absolute Gasteiger partial charge is 0.479 e. The minimum atomic E-state index is -1.41. The monoisotopic (exact) mass is 598 g/mol. The molecule has 0 radical (unpaired) electrons. The summed E-state index contributed by atoms with van der Waals surface area (Å²) < 4.78 is 15.7. The van der Waals surface area contributed by atoms with Gasteiger partial charge >= 0.3 is 17.6 Å². The average molecular weight is 599 g/mol. The van der Waals surface area contributed by atoms with E-state index in [-0.39, 0.29) is 47.0 Å². The van der Waals surface area contributed by atoms with Crippen LogP contribution in [0.15, 0.2) is 36.4 Å². The van der Waals surface area contributed by atoms with E-state index in [1.54, 1.807) is 13.0 Å². The number of carboxylic acid groups (broad SMARTS) is 2. The summed E-state index contributed by atoms with van der Waals surface area (Å²) in [7, 11) is 0. The Morgan fingerprint density at radius 3 is 1.81 bits per heavy atom. The summed E-state index contributed by atoms with van der Waals surface area (Å²) in [4.78, 5) is 70.3. The Morgan fingerprint density at radius 2 is 1.28 bits per heavy atom. The molecular weight excluding hydrogens is 572 g/mol. The first-order valence-electron chi connectivity index (χ1n) is 12.4. The van der Waals surface area contributed by atoms with Gasteiger partial charge in [-0.05, 0) is 43.2 Å². The van der Waals surface area contributed by atoms with E-state index in [1.807, 2.05) is 13.8 Å². The van der Waals surface area contributed by atoms with Gasteiger partial charge in [0.1, 0.15) is 22.8 Å². The highest BCUT2D eigenvalue weighted by molar-refractivity contribution is 6.06. The molecule has 0 aliphatic carbocycles. The van der Waals surface area contributed by atoms with Crippen LogP contribution in [0.3, 0.4) is 0 Å². The lowest BCUT2D eigenvalue weighted by atomic mass is 10.2. The third kappa shape index (κ3) is 9.07. The summed E-state index contributed by atoms with van der Waals surface area (Å²) in [6.07, 6.45) is 0. The number of hydrogen-bond acceptors (Lipinski definition) is 12. The smallest absolute Gasteiger partial charge is 0.341 e. The van der Waals surface area contributed by atoms with Crippen molar-refractivity contribution in [3.63, 3.8) is 0 Å². The van der Waals surface area contributed by atoms with Gasteiger partial charge in [-0.1, -0.05) is 13.8 Å². The van der Waals surface area contributed by atoms with Gasteiger partial charge in [0, 0.05) is 11.8 Å². The fourth-order valence-electron chi connectivity index (χ4n) is 3.19. The van der Waals surface area contributed by atoms with Crippen LogP contribution in [-0.2, 0) is 9.59 Å². The fraction of sp³-hybridized carbons (Fsp3) is 0.269. The maximum Gasteiger partial charge on any atom is 0.341 e. The highest BCUT2D eigenvalue weighted by atomic mass is 16.6. The van der Waals surface area contributed by atoms with Gasteiger partial charge in [0.05, 0.1) is 11.5 Å². The van der Waals surface area contributed by atoms with Gasteiger partial charge in [-0.15, -0.1) is 0 Å². The lowest BCUT2D eigenvalue weighted by Gasteiger charge is -2.15. The third-order valence-corrected chi connectivity index (χ3v) is 5.08. The number of nitrogens with one attached hydrogen (secondary N) is 2. The zero-order valence-electron chi connectivity index (χ0n) is 23.0. The van der Waals surface area contributed by atoms with Crippen LogP contribution in [0.4, 0.5) is 17.1 Å². The van der Waals surface area contributed by atoms with Crippen molar-refractivity contribution in [2.45, 2.75) is 20.8 Å². The molecular formula is C26H26N6O11. The minimum Gasteiger partial charge on any atom is -0.479 e. The number of carboxylic acids is 2. The van der Waals surface area contributed by atoms with Crippen molar-refractivity contribution in [2.75, 3.05) is 30.5 Å². The number of anilines is 2. The molecule has 43 heavy (non-hydrogen) atoms. The molecule has 0 fully saturated rings. The number of nitro groups is 1. The molecule has 2 amide bonds. The number of rotatable bonds is 14. The van der Waals surface area contributed by atoms with Gasteiger partial charge in [-0.25, -0.2) is 24.5 Å². The van der Waals surface area contributed by atoms with Crippen LogP contribution >= 0.6 is 0 Å². The van der Waals surface area contributed by atoms with Crippen LogP contribution in [0.25, 0.3) is 0 Å². The quantitative estimate of drug-likeness (QED) is 0.154. The molecule has 0 atom stereocenters. The molecule has 0 saturated heterocycles. The zero-order chi connectivity index (χ0) is 31.7. The number of nitrogens with zero attached hydrogens (tertiary/aromatic N) is 4. The lowest BCUT2D eigenvalue weighted by Crippen LogP contribution is -2.19. The van der Waals surface area contributed by atoms with E-state index >= 15 is 0 Å². The number of ether oxygens (including phenoxy) is 3. The molecule has 0 bridgehead atoms. The summed E-state index contributed by atoms with van der Waals surface area (Å²) >= 11 is 0. The maximum atomic E-state index is 13.0. The van der Waals surface area contributed by atoms with Crippen LogP contribution in [0, 0.1) is 23.0 Å². The summed E-state index contributed by atoms with van der Waals surface area (Å²) in [5.41, 5.74) is -0.494. The number of amides is 2. The van der Waals surface area contributed by atoms with Crippen molar-refractivity contribution in [3.05, 3.63) is 63.6 Å². The second-order valence-corrected chi connectivity index (χ2v) is 9.11. The van der Waals surface area contributed by atoms with E-state index in [0.29, 0.717) is 5.69 Å². The van der Waals surface area contributed by atoms with Crippen molar-refractivity contribution in [1.29, 1.82) is 0 Å². The maximum absolute atomic E-state index is 13.0. The normalized spacial score (nSPS) is 10.5. The zero-order valence-corrected chi connectivity index (χ0v) is 23.0. The van der Waals surface area contributed by atoms with Gasteiger partial charge in [-0.3, -0.25) is 19.7 Å². The number of aliphatic carboxylic acids is 2. The van der Waals surface area contributed by atoms with E-state index in [1.165, 1.54) is 18.2 Å². The molecule has 3 aromatic rings. The number of aryl methyl sites for hydroxylation is 1. The molecule has 0 aromatic carbocycles. The van der Waals surface area contributed by atoms with Crippen LogP contribution in [0.1, 0.15) is 40.5 Å². The number of carbonyl (C=O) groups is 4. The van der Waals surface area contributed by atoms with Gasteiger partial charge < -0.3 is 35.1 Å². The molecule has 4 N–H and O–H groups in total. The SMILES string of the molecule is Cc1ccc(NC(=O)c2ccc(NC(=O)c3ccc([N+](=O)[O-])c(OCC(=O)O)n3)c(OCC(C)C)n2)c(OCC(=O)O)n1. The molecule has 0 aliphatic rings. The van der Waals surface area contributed by atoms with E-state index in [4.69, 9.17) is 24.4 Å². The highest BCUT2D eigenvalue weighted by Crippen LogP contribution is 2.28. The second kappa shape index (κ2) is 14.2. The topological polar surface area (TPSA) is 242 Å². The van der Waals surface area contributed by atoms with Crippen LogP contribution in [0.2, 0.25) is 0 Å². The standard InChI is InChI=1S/C26H26N6O11/c1-13(2)10-41-25-18(29-23(38)16-8-9-19(32(39)40)26(31-16)43-12-21(35)36)7-6-15(30-25)22(37)28-17-5-4-14(3)27-24(17)42-11-20(33)34/h4-9,13H,10-12H2,1-3H3,(H,28,37)(H,29,38)(H,33,34)(H,35,36). The highest BCUT2D eigenvalue weighted by Gasteiger charge is 2.23. The summed E-state index contributed by atoms with van der Waals surface area (Å²) in [6.45, 7) is 3.91. The summed E-state index contributed by atoms with van der Waals surface area (Å²) in [5.74, 6) is -5.12. The van der Waals surface area contributed by atoms with E-state index < -0.39 is 53.5 Å². The molecule has 0 spiro atoms. The van der Waals surface area contributed by atoms with Crippen molar-refractivity contribution < 1.29 is 48.5 Å². The minimum absolute atomic E-state index is 0.0258. The Labute approximate surface area is 243 Å². The van der Waals surface area contributed by atoms with Crippen molar-refractivity contribution >= 4 is 40.8 Å². The van der Waals surface area contributed by atoms with Gasteiger partial charge in [-0.2, -0.15) is 0 Å². The predicted molar refractivity (Wildman–Crippen MR) is 147 cm³/mol. The Hall–Kier alpha value is -5.87. The number of hydrogen-bond donors (Lipinski definition) is 4. The molecule has 0 unspecified atom stereocenters.